The molecule has 0 unspecified atom stereocenters. The summed E-state index contributed by atoms with van der Waals surface area (Å²) in [6.45, 7) is 3.25. The zero-order chi connectivity index (χ0) is 13.1. The van der Waals surface area contributed by atoms with E-state index in [1.165, 1.54) is 6.42 Å². The molecule has 18 heavy (non-hydrogen) atoms. The molecule has 1 aliphatic heterocycles. The molecule has 8 nitrogen and oxygen atoms in total. The summed E-state index contributed by atoms with van der Waals surface area (Å²) in [5.41, 5.74) is 8.66. The van der Waals surface area contributed by atoms with Crippen molar-refractivity contribution in [1.82, 2.24) is 15.0 Å². The van der Waals surface area contributed by atoms with Crippen LogP contribution in [0, 0.1) is 17.0 Å². The van der Waals surface area contributed by atoms with Crippen LogP contribution in [0.1, 0.15) is 25.0 Å². The maximum absolute atomic E-state index is 11.0. The SMILES string of the molecule is Cc1nc(N)nc(NN2CCCCC2)c1[N+](=O)[O-]. The molecule has 1 saturated heterocycles. The highest BCUT2D eigenvalue weighted by Crippen LogP contribution is 2.26. The number of nitrogen functional groups attached to an aromatic ring is 1. The summed E-state index contributed by atoms with van der Waals surface area (Å²) in [6.07, 6.45) is 3.33. The van der Waals surface area contributed by atoms with Crippen LogP contribution in [0.15, 0.2) is 0 Å². The molecule has 2 heterocycles. The lowest BCUT2D eigenvalue weighted by Crippen LogP contribution is -2.35. The number of aryl methyl sites for hydroxylation is 1. The molecule has 1 aromatic heterocycles. The lowest BCUT2D eigenvalue weighted by Gasteiger charge is -2.27. The van der Waals surface area contributed by atoms with Gasteiger partial charge in [0.15, 0.2) is 0 Å². The zero-order valence-corrected chi connectivity index (χ0v) is 10.2. The molecule has 1 aromatic rings. The number of piperidine rings is 1. The van der Waals surface area contributed by atoms with Gasteiger partial charge in [-0.2, -0.15) is 4.98 Å². The highest BCUT2D eigenvalue weighted by Gasteiger charge is 2.23. The summed E-state index contributed by atoms with van der Waals surface area (Å²) in [6, 6.07) is 0. The second kappa shape index (κ2) is 5.13. The van der Waals surface area contributed by atoms with Crippen molar-refractivity contribution in [2.24, 2.45) is 0 Å². The Balaban J connectivity index is 2.27. The van der Waals surface area contributed by atoms with E-state index in [1.54, 1.807) is 6.92 Å². The number of hydrogen-bond donors (Lipinski definition) is 2. The second-order valence-electron chi connectivity index (χ2n) is 4.28. The van der Waals surface area contributed by atoms with Crippen molar-refractivity contribution < 1.29 is 4.92 Å². The fourth-order valence-electron chi connectivity index (χ4n) is 2.04. The number of aromatic nitrogens is 2. The lowest BCUT2D eigenvalue weighted by atomic mass is 10.2. The van der Waals surface area contributed by atoms with E-state index >= 15 is 0 Å². The van der Waals surface area contributed by atoms with Gasteiger partial charge in [0.1, 0.15) is 5.69 Å². The molecule has 3 N–H and O–H groups in total. The maximum atomic E-state index is 11.0. The highest BCUT2D eigenvalue weighted by molar-refractivity contribution is 5.59. The highest BCUT2D eigenvalue weighted by atomic mass is 16.6. The second-order valence-corrected chi connectivity index (χ2v) is 4.28. The molecule has 1 aliphatic rings. The Kier molecular flexibility index (Phi) is 3.56. The van der Waals surface area contributed by atoms with E-state index in [1.807, 2.05) is 5.01 Å². The third-order valence-corrected chi connectivity index (χ3v) is 2.88. The van der Waals surface area contributed by atoms with Crippen molar-refractivity contribution in [1.29, 1.82) is 0 Å². The number of nitrogens with two attached hydrogens (primary N) is 1. The predicted molar refractivity (Wildman–Crippen MR) is 66.9 cm³/mol. The summed E-state index contributed by atoms with van der Waals surface area (Å²) in [4.78, 5) is 18.3. The number of nitro groups is 1. The molecule has 8 heteroatoms. The Morgan fingerprint density at radius 1 is 1.33 bits per heavy atom. The van der Waals surface area contributed by atoms with Gasteiger partial charge in [-0.05, 0) is 19.8 Å². The largest absolute Gasteiger partial charge is 0.368 e. The first kappa shape index (κ1) is 12.5. The number of nitrogens with one attached hydrogen (secondary N) is 1. The van der Waals surface area contributed by atoms with E-state index < -0.39 is 4.92 Å². The summed E-state index contributed by atoms with van der Waals surface area (Å²) in [5.74, 6) is 0.213. The first-order chi connectivity index (χ1) is 8.58. The summed E-state index contributed by atoms with van der Waals surface area (Å²) >= 11 is 0. The van der Waals surface area contributed by atoms with Gasteiger partial charge in [-0.15, -0.1) is 0 Å². The fourth-order valence-corrected chi connectivity index (χ4v) is 2.04. The van der Waals surface area contributed by atoms with Crippen LogP contribution >= 0.6 is 0 Å². The van der Waals surface area contributed by atoms with Crippen molar-refractivity contribution in [2.45, 2.75) is 26.2 Å². The van der Waals surface area contributed by atoms with Crippen molar-refractivity contribution in [2.75, 3.05) is 24.2 Å². The molecule has 0 bridgehead atoms. The van der Waals surface area contributed by atoms with E-state index in [9.17, 15) is 10.1 Å². The zero-order valence-electron chi connectivity index (χ0n) is 10.2. The number of hydrogen-bond acceptors (Lipinski definition) is 7. The number of hydrazine groups is 1. The van der Waals surface area contributed by atoms with Crippen LogP contribution in [0.3, 0.4) is 0 Å². The van der Waals surface area contributed by atoms with Crippen molar-refractivity contribution in [3.8, 4) is 0 Å². The average molecular weight is 252 g/mol. The molecule has 0 aromatic carbocycles. The van der Waals surface area contributed by atoms with E-state index in [0.717, 1.165) is 25.9 Å². The Labute approximate surface area is 104 Å². The van der Waals surface area contributed by atoms with Gasteiger partial charge in [-0.1, -0.05) is 6.42 Å². The molecular weight excluding hydrogens is 236 g/mol. The van der Waals surface area contributed by atoms with Crippen LogP contribution in [0.2, 0.25) is 0 Å². The van der Waals surface area contributed by atoms with Crippen molar-refractivity contribution in [3.05, 3.63) is 15.8 Å². The van der Waals surface area contributed by atoms with Crippen molar-refractivity contribution in [3.63, 3.8) is 0 Å². The topological polar surface area (TPSA) is 110 Å². The van der Waals surface area contributed by atoms with Crippen LogP contribution in [-0.4, -0.2) is 33.0 Å². The van der Waals surface area contributed by atoms with E-state index in [2.05, 4.69) is 15.4 Å². The number of nitrogens with zero attached hydrogens (tertiary/aromatic N) is 4. The van der Waals surface area contributed by atoms with Gasteiger partial charge >= 0.3 is 5.69 Å². The van der Waals surface area contributed by atoms with E-state index in [4.69, 9.17) is 5.73 Å². The number of rotatable bonds is 3. The Morgan fingerprint density at radius 2 is 2.00 bits per heavy atom. The Morgan fingerprint density at radius 3 is 2.61 bits per heavy atom. The summed E-state index contributed by atoms with van der Waals surface area (Å²) < 4.78 is 0. The summed E-state index contributed by atoms with van der Waals surface area (Å²) in [5, 5.41) is 13.0. The molecule has 2 rings (SSSR count). The van der Waals surface area contributed by atoms with Gasteiger partial charge in [0.2, 0.25) is 11.8 Å². The molecule has 0 aliphatic carbocycles. The normalized spacial score (nSPS) is 16.5. The number of anilines is 2. The molecular formula is C10H16N6O2. The fraction of sp³-hybridized carbons (Fsp3) is 0.600. The van der Waals surface area contributed by atoms with Crippen LogP contribution in [0.25, 0.3) is 0 Å². The smallest absolute Gasteiger partial charge is 0.333 e. The minimum absolute atomic E-state index is 0.0395. The molecule has 0 radical (unpaired) electrons. The predicted octanol–water partition coefficient (Wildman–Crippen LogP) is 1.09. The van der Waals surface area contributed by atoms with Crippen LogP contribution < -0.4 is 11.2 Å². The molecule has 0 atom stereocenters. The molecule has 1 fully saturated rings. The third-order valence-electron chi connectivity index (χ3n) is 2.88. The lowest BCUT2D eigenvalue weighted by molar-refractivity contribution is -0.385. The molecule has 0 amide bonds. The molecule has 0 saturated carbocycles. The molecule has 0 spiro atoms. The average Bonchev–Trinajstić information content (AvgIpc) is 2.28. The quantitative estimate of drug-likeness (QED) is 0.611. The standard InChI is InChI=1S/C10H16N6O2/c1-7-8(16(17)18)9(13-10(11)12-7)14-15-5-3-2-4-6-15/h2-6H2,1H3,(H3,11,12,13,14). The van der Waals surface area contributed by atoms with E-state index in [0.29, 0.717) is 0 Å². The summed E-state index contributed by atoms with van der Waals surface area (Å²) in [7, 11) is 0. The van der Waals surface area contributed by atoms with Gasteiger partial charge in [0.25, 0.3) is 0 Å². The Hall–Kier alpha value is -1.96. The van der Waals surface area contributed by atoms with Gasteiger partial charge in [-0.25, -0.2) is 9.99 Å². The van der Waals surface area contributed by atoms with Gasteiger partial charge in [0.05, 0.1) is 4.92 Å². The van der Waals surface area contributed by atoms with Gasteiger partial charge < -0.3 is 5.73 Å². The monoisotopic (exact) mass is 252 g/mol. The van der Waals surface area contributed by atoms with Crippen molar-refractivity contribution >= 4 is 17.5 Å². The Bertz CT molecular complexity index is 458. The van der Waals surface area contributed by atoms with Gasteiger partial charge in [-0.3, -0.25) is 15.5 Å². The van der Waals surface area contributed by atoms with Gasteiger partial charge in [0, 0.05) is 13.1 Å². The van der Waals surface area contributed by atoms with Crippen LogP contribution in [-0.2, 0) is 0 Å². The first-order valence-electron chi connectivity index (χ1n) is 5.88. The van der Waals surface area contributed by atoms with Crippen LogP contribution in [0.4, 0.5) is 17.5 Å². The van der Waals surface area contributed by atoms with Crippen LogP contribution in [0.5, 0.6) is 0 Å². The minimum atomic E-state index is -0.485. The van der Waals surface area contributed by atoms with E-state index in [-0.39, 0.29) is 23.1 Å². The maximum Gasteiger partial charge on any atom is 0.333 e. The minimum Gasteiger partial charge on any atom is -0.368 e. The third kappa shape index (κ3) is 2.65. The first-order valence-corrected chi connectivity index (χ1v) is 5.88. The molecule has 98 valence electrons.